The molecule has 0 aromatic heterocycles. The monoisotopic (exact) mass is 333 g/mol. The van der Waals surface area contributed by atoms with Crippen molar-refractivity contribution in [2.24, 2.45) is 0 Å². The number of amides is 1. The summed E-state index contributed by atoms with van der Waals surface area (Å²) >= 11 is 0. The molecular weight excluding hydrogens is 314 g/mol. The predicted molar refractivity (Wildman–Crippen MR) is 84.2 cm³/mol. The highest BCUT2D eigenvalue weighted by atomic mass is 35.5. The van der Waals surface area contributed by atoms with Crippen molar-refractivity contribution in [3.05, 3.63) is 24.3 Å². The van der Waals surface area contributed by atoms with E-state index in [1.165, 1.54) is 23.4 Å². The van der Waals surface area contributed by atoms with Gasteiger partial charge in [-0.05, 0) is 37.2 Å². The zero-order chi connectivity index (χ0) is 14.8. The molecule has 2 N–H and O–H groups in total. The summed E-state index contributed by atoms with van der Waals surface area (Å²) in [6.07, 6.45) is 0.819. The number of carbonyl (C=O) groups excluding carboxylic acids is 1. The largest absolute Gasteiger partial charge is 0.326 e. The predicted octanol–water partition coefficient (Wildman–Crippen LogP) is 1.05. The second kappa shape index (κ2) is 7.22. The Hall–Kier alpha value is -1.15. The average molecular weight is 334 g/mol. The van der Waals surface area contributed by atoms with Crippen molar-refractivity contribution in [3.63, 3.8) is 0 Å². The lowest BCUT2D eigenvalue weighted by atomic mass is 10.3. The number of nitrogens with zero attached hydrogens (tertiary/aromatic N) is 1. The Balaban J connectivity index is 0.00000220. The van der Waals surface area contributed by atoms with Crippen LogP contribution in [0.3, 0.4) is 0 Å². The number of rotatable bonds is 4. The summed E-state index contributed by atoms with van der Waals surface area (Å²) in [5.74, 6) is -0.185. The number of sulfonamides is 1. The van der Waals surface area contributed by atoms with Crippen LogP contribution in [0.25, 0.3) is 0 Å². The SMILES string of the molecule is CC(=O)Nc1ccc(S(=O)(=O)N(C)C2CCNC2)cc1.Cl. The summed E-state index contributed by atoms with van der Waals surface area (Å²) in [6.45, 7) is 2.93. The first kappa shape index (κ1) is 17.9. The van der Waals surface area contributed by atoms with Crippen LogP contribution in [-0.2, 0) is 14.8 Å². The summed E-state index contributed by atoms with van der Waals surface area (Å²) in [7, 11) is -1.88. The zero-order valence-electron chi connectivity index (χ0n) is 12.0. The Bertz CT molecular complexity index is 583. The van der Waals surface area contributed by atoms with E-state index in [4.69, 9.17) is 0 Å². The Morgan fingerprint density at radius 2 is 1.95 bits per heavy atom. The Morgan fingerprint density at radius 3 is 2.43 bits per heavy atom. The van der Waals surface area contributed by atoms with Gasteiger partial charge in [0.25, 0.3) is 0 Å². The van der Waals surface area contributed by atoms with Gasteiger partial charge < -0.3 is 10.6 Å². The van der Waals surface area contributed by atoms with Gasteiger partial charge in [-0.15, -0.1) is 12.4 Å². The number of anilines is 1. The fourth-order valence-corrected chi connectivity index (χ4v) is 3.61. The molecular formula is C13H20ClN3O3S. The van der Waals surface area contributed by atoms with Gasteiger partial charge in [0.1, 0.15) is 0 Å². The van der Waals surface area contributed by atoms with E-state index in [1.807, 2.05) is 0 Å². The van der Waals surface area contributed by atoms with Crippen LogP contribution < -0.4 is 10.6 Å². The quantitative estimate of drug-likeness (QED) is 0.863. The standard InChI is InChI=1S/C13H19N3O3S.ClH/c1-10(17)15-11-3-5-13(6-4-11)20(18,19)16(2)12-7-8-14-9-12;/h3-6,12,14H,7-9H2,1-2H3,(H,15,17);1H. The van der Waals surface area contributed by atoms with Crippen molar-refractivity contribution in [1.82, 2.24) is 9.62 Å². The van der Waals surface area contributed by atoms with E-state index in [0.717, 1.165) is 13.0 Å². The highest BCUT2D eigenvalue weighted by molar-refractivity contribution is 7.89. The lowest BCUT2D eigenvalue weighted by Gasteiger charge is -2.23. The number of halogens is 1. The van der Waals surface area contributed by atoms with E-state index < -0.39 is 10.0 Å². The summed E-state index contributed by atoms with van der Waals surface area (Å²) in [6, 6.07) is 6.21. The van der Waals surface area contributed by atoms with Crippen molar-refractivity contribution < 1.29 is 13.2 Å². The second-order valence-corrected chi connectivity index (χ2v) is 6.87. The van der Waals surface area contributed by atoms with E-state index in [0.29, 0.717) is 12.2 Å². The fraction of sp³-hybridized carbons (Fsp3) is 0.462. The molecule has 0 bridgehead atoms. The third-order valence-electron chi connectivity index (χ3n) is 3.40. The molecule has 0 spiro atoms. The Labute approximate surface area is 131 Å². The van der Waals surface area contributed by atoms with Crippen molar-refractivity contribution >= 4 is 34.0 Å². The zero-order valence-corrected chi connectivity index (χ0v) is 13.6. The van der Waals surface area contributed by atoms with Gasteiger partial charge in [0.2, 0.25) is 15.9 Å². The molecule has 8 heteroatoms. The molecule has 6 nitrogen and oxygen atoms in total. The van der Waals surface area contributed by atoms with Crippen LogP contribution in [0.1, 0.15) is 13.3 Å². The van der Waals surface area contributed by atoms with Crippen LogP contribution in [0.4, 0.5) is 5.69 Å². The maximum atomic E-state index is 12.5. The van der Waals surface area contributed by atoms with E-state index in [-0.39, 0.29) is 29.3 Å². The molecule has 1 aliphatic rings. The van der Waals surface area contributed by atoms with Crippen LogP contribution >= 0.6 is 12.4 Å². The maximum Gasteiger partial charge on any atom is 0.243 e. The summed E-state index contributed by atoms with van der Waals surface area (Å²) in [5.41, 5.74) is 0.585. The Kier molecular flexibility index (Phi) is 6.15. The molecule has 1 aliphatic heterocycles. The van der Waals surface area contributed by atoms with Crippen molar-refractivity contribution in [1.29, 1.82) is 0 Å². The summed E-state index contributed by atoms with van der Waals surface area (Å²) in [5, 5.41) is 5.76. The molecule has 1 fully saturated rings. The van der Waals surface area contributed by atoms with Gasteiger partial charge in [0, 0.05) is 32.2 Å². The van der Waals surface area contributed by atoms with Gasteiger partial charge >= 0.3 is 0 Å². The number of benzene rings is 1. The number of nitrogens with one attached hydrogen (secondary N) is 2. The highest BCUT2D eigenvalue weighted by Gasteiger charge is 2.29. The molecule has 21 heavy (non-hydrogen) atoms. The van der Waals surface area contributed by atoms with Gasteiger partial charge in [0.15, 0.2) is 0 Å². The molecule has 1 aromatic carbocycles. The van der Waals surface area contributed by atoms with Crippen LogP contribution in [0, 0.1) is 0 Å². The molecule has 1 heterocycles. The summed E-state index contributed by atoms with van der Waals surface area (Å²) in [4.78, 5) is 11.2. The number of carbonyl (C=O) groups is 1. The molecule has 1 unspecified atom stereocenters. The molecule has 0 saturated carbocycles. The minimum atomic E-state index is -3.49. The minimum Gasteiger partial charge on any atom is -0.326 e. The van der Waals surface area contributed by atoms with Crippen molar-refractivity contribution in [2.45, 2.75) is 24.3 Å². The number of hydrogen-bond acceptors (Lipinski definition) is 4. The van der Waals surface area contributed by atoms with Crippen molar-refractivity contribution in [2.75, 3.05) is 25.5 Å². The molecule has 1 atom stereocenters. The second-order valence-electron chi connectivity index (χ2n) is 4.87. The molecule has 1 amide bonds. The molecule has 2 rings (SSSR count). The number of hydrogen-bond donors (Lipinski definition) is 2. The van der Waals surface area contributed by atoms with Crippen LogP contribution in [0.5, 0.6) is 0 Å². The first-order valence-electron chi connectivity index (χ1n) is 6.47. The van der Waals surface area contributed by atoms with Gasteiger partial charge in [-0.1, -0.05) is 0 Å². The molecule has 0 radical (unpaired) electrons. The molecule has 1 saturated heterocycles. The van der Waals surface area contributed by atoms with Crippen molar-refractivity contribution in [3.8, 4) is 0 Å². The fourth-order valence-electron chi connectivity index (χ4n) is 2.23. The van der Waals surface area contributed by atoms with E-state index in [2.05, 4.69) is 10.6 Å². The minimum absolute atomic E-state index is 0. The van der Waals surface area contributed by atoms with Gasteiger partial charge in [-0.25, -0.2) is 8.42 Å². The van der Waals surface area contributed by atoms with Gasteiger partial charge in [-0.2, -0.15) is 4.31 Å². The average Bonchev–Trinajstić information content (AvgIpc) is 2.91. The lowest BCUT2D eigenvalue weighted by Crippen LogP contribution is -2.38. The topological polar surface area (TPSA) is 78.5 Å². The maximum absolute atomic E-state index is 12.5. The highest BCUT2D eigenvalue weighted by Crippen LogP contribution is 2.21. The van der Waals surface area contributed by atoms with Gasteiger partial charge in [0.05, 0.1) is 4.90 Å². The molecule has 118 valence electrons. The smallest absolute Gasteiger partial charge is 0.243 e. The number of likely N-dealkylation sites (N-methyl/N-ethyl adjacent to an activating group) is 1. The Morgan fingerprint density at radius 1 is 1.33 bits per heavy atom. The van der Waals surface area contributed by atoms with Crippen LogP contribution in [0.2, 0.25) is 0 Å². The molecule has 0 aliphatic carbocycles. The normalized spacial score (nSPS) is 18.3. The van der Waals surface area contributed by atoms with Gasteiger partial charge in [-0.3, -0.25) is 4.79 Å². The van der Waals surface area contributed by atoms with Crippen LogP contribution in [-0.4, -0.2) is 44.8 Å². The van der Waals surface area contributed by atoms with E-state index >= 15 is 0 Å². The summed E-state index contributed by atoms with van der Waals surface area (Å²) < 4.78 is 26.3. The van der Waals surface area contributed by atoms with E-state index in [1.54, 1.807) is 19.2 Å². The van der Waals surface area contributed by atoms with Crippen LogP contribution in [0.15, 0.2) is 29.2 Å². The third kappa shape index (κ3) is 4.16. The molecule has 1 aromatic rings. The first-order chi connectivity index (χ1) is 9.41. The first-order valence-corrected chi connectivity index (χ1v) is 7.91. The lowest BCUT2D eigenvalue weighted by molar-refractivity contribution is -0.114. The third-order valence-corrected chi connectivity index (χ3v) is 5.32. The van der Waals surface area contributed by atoms with E-state index in [9.17, 15) is 13.2 Å².